The predicted molar refractivity (Wildman–Crippen MR) is 132 cm³/mol. The maximum absolute atomic E-state index is 13.1. The molecule has 7 nitrogen and oxygen atoms in total. The number of aryl methyl sites for hydroxylation is 1. The van der Waals surface area contributed by atoms with Crippen molar-refractivity contribution in [1.82, 2.24) is 14.5 Å². The molecule has 168 valence electrons. The standard InChI is InChI=1S/C23H25BrClN5O2/c1-14-17-13-26-23(28-21(17)30(22(31)20(14)24)16-4-2-3-5-16)27-15-6-7-19(18(25)12-15)29-8-10-32-11-9-29/h6-7,12-13,16H,2-5,8-11H2,1H3,(H,26,27,28). The highest BCUT2D eigenvalue weighted by atomic mass is 79.9. The Bertz CT molecular complexity index is 1220. The summed E-state index contributed by atoms with van der Waals surface area (Å²) in [6, 6.07) is 6.04. The molecule has 32 heavy (non-hydrogen) atoms. The van der Waals surface area contributed by atoms with Gasteiger partial charge in [0.15, 0.2) is 0 Å². The van der Waals surface area contributed by atoms with Gasteiger partial charge in [-0.15, -0.1) is 0 Å². The summed E-state index contributed by atoms with van der Waals surface area (Å²) in [6.45, 7) is 4.99. The Hall–Kier alpha value is -2.16. The number of hydrogen-bond donors (Lipinski definition) is 1. The van der Waals surface area contributed by atoms with Gasteiger partial charge in [-0.25, -0.2) is 4.98 Å². The number of hydrogen-bond acceptors (Lipinski definition) is 6. The molecule has 3 heterocycles. The molecule has 2 aliphatic rings. The maximum atomic E-state index is 13.1. The Morgan fingerprint density at radius 2 is 1.97 bits per heavy atom. The van der Waals surface area contributed by atoms with Crippen LogP contribution in [0.4, 0.5) is 17.3 Å². The van der Waals surface area contributed by atoms with Gasteiger partial charge >= 0.3 is 0 Å². The van der Waals surface area contributed by atoms with Crippen molar-refractivity contribution in [1.29, 1.82) is 0 Å². The quantitative estimate of drug-likeness (QED) is 0.511. The van der Waals surface area contributed by atoms with E-state index in [1.165, 1.54) is 0 Å². The fourth-order valence-electron chi connectivity index (χ4n) is 4.64. The van der Waals surface area contributed by atoms with Crippen molar-refractivity contribution >= 4 is 55.9 Å². The van der Waals surface area contributed by atoms with E-state index < -0.39 is 0 Å². The van der Waals surface area contributed by atoms with Crippen LogP contribution in [-0.4, -0.2) is 40.8 Å². The summed E-state index contributed by atoms with van der Waals surface area (Å²) in [5.74, 6) is 0.445. The first-order chi connectivity index (χ1) is 15.5. The minimum Gasteiger partial charge on any atom is -0.378 e. The van der Waals surface area contributed by atoms with Crippen LogP contribution < -0.4 is 15.8 Å². The number of nitrogens with zero attached hydrogens (tertiary/aromatic N) is 4. The van der Waals surface area contributed by atoms with Gasteiger partial charge in [0.25, 0.3) is 5.56 Å². The lowest BCUT2D eigenvalue weighted by Crippen LogP contribution is -2.36. The highest BCUT2D eigenvalue weighted by Crippen LogP contribution is 2.33. The third-order valence-corrected chi connectivity index (χ3v) is 7.62. The van der Waals surface area contributed by atoms with Gasteiger partial charge in [-0.1, -0.05) is 24.4 Å². The Morgan fingerprint density at radius 3 is 2.69 bits per heavy atom. The summed E-state index contributed by atoms with van der Waals surface area (Å²) in [5, 5.41) is 4.81. The van der Waals surface area contributed by atoms with E-state index in [0.717, 1.165) is 61.1 Å². The van der Waals surface area contributed by atoms with Crippen molar-refractivity contribution in [2.75, 3.05) is 36.5 Å². The van der Waals surface area contributed by atoms with Crippen LogP contribution in [0.2, 0.25) is 5.02 Å². The molecule has 2 aromatic heterocycles. The van der Waals surface area contributed by atoms with Crippen LogP contribution in [0.15, 0.2) is 33.7 Å². The lowest BCUT2D eigenvalue weighted by Gasteiger charge is -2.29. The first-order valence-electron chi connectivity index (χ1n) is 11.0. The zero-order valence-electron chi connectivity index (χ0n) is 17.9. The van der Waals surface area contributed by atoms with Gasteiger partial charge in [-0.05, 0) is 59.5 Å². The number of morpholine rings is 1. The van der Waals surface area contributed by atoms with Crippen molar-refractivity contribution in [3.63, 3.8) is 0 Å². The van der Waals surface area contributed by atoms with Crippen LogP contribution in [0, 0.1) is 6.92 Å². The number of benzene rings is 1. The van der Waals surface area contributed by atoms with E-state index in [1.54, 1.807) is 6.20 Å². The first-order valence-corrected chi connectivity index (χ1v) is 12.2. The molecule has 3 aromatic rings. The molecule has 2 fully saturated rings. The van der Waals surface area contributed by atoms with E-state index in [-0.39, 0.29) is 11.6 Å². The van der Waals surface area contributed by atoms with Crippen LogP contribution in [0.1, 0.15) is 37.3 Å². The number of rotatable bonds is 4. The third kappa shape index (κ3) is 4.00. The van der Waals surface area contributed by atoms with Gasteiger partial charge < -0.3 is 15.0 Å². The van der Waals surface area contributed by atoms with Gasteiger partial charge in [0.05, 0.1) is 28.4 Å². The molecule has 1 saturated carbocycles. The molecule has 0 radical (unpaired) electrons. The van der Waals surface area contributed by atoms with Gasteiger partial charge in [-0.2, -0.15) is 4.98 Å². The summed E-state index contributed by atoms with van der Waals surface area (Å²) < 4.78 is 7.87. The van der Waals surface area contributed by atoms with E-state index in [1.807, 2.05) is 29.7 Å². The summed E-state index contributed by atoms with van der Waals surface area (Å²) in [5.41, 5.74) is 3.31. The molecule has 9 heteroatoms. The monoisotopic (exact) mass is 517 g/mol. The molecule has 0 atom stereocenters. The Balaban J connectivity index is 1.50. The largest absolute Gasteiger partial charge is 0.378 e. The Kier molecular flexibility index (Phi) is 6.09. The number of aromatic nitrogens is 3. The second-order valence-corrected chi connectivity index (χ2v) is 9.57. The van der Waals surface area contributed by atoms with Crippen LogP contribution in [0.5, 0.6) is 0 Å². The molecule has 1 aromatic carbocycles. The molecule has 0 unspecified atom stereocenters. The molecule has 0 amide bonds. The smallest absolute Gasteiger partial charge is 0.267 e. The molecule has 1 saturated heterocycles. The van der Waals surface area contributed by atoms with Gasteiger partial charge in [0.1, 0.15) is 5.65 Å². The van der Waals surface area contributed by atoms with E-state index in [2.05, 4.69) is 31.1 Å². The zero-order valence-corrected chi connectivity index (χ0v) is 20.2. The molecule has 1 N–H and O–H groups in total. The molecule has 0 spiro atoms. The van der Waals surface area contributed by atoms with E-state index >= 15 is 0 Å². The van der Waals surface area contributed by atoms with E-state index in [4.69, 9.17) is 21.3 Å². The summed E-state index contributed by atoms with van der Waals surface area (Å²) >= 11 is 10.1. The van der Waals surface area contributed by atoms with Crippen molar-refractivity contribution in [3.05, 3.63) is 49.8 Å². The van der Waals surface area contributed by atoms with Gasteiger partial charge in [-0.3, -0.25) is 9.36 Å². The SMILES string of the molecule is Cc1c(Br)c(=O)n(C2CCCC2)c2nc(Nc3ccc(N4CCOCC4)c(Cl)c3)ncc12. The summed E-state index contributed by atoms with van der Waals surface area (Å²) in [6.07, 6.45) is 6.05. The fraction of sp³-hybridized carbons (Fsp3) is 0.435. The second-order valence-electron chi connectivity index (χ2n) is 8.37. The van der Waals surface area contributed by atoms with Crippen molar-refractivity contribution in [2.24, 2.45) is 0 Å². The fourth-order valence-corrected chi connectivity index (χ4v) is 5.34. The van der Waals surface area contributed by atoms with Crippen LogP contribution in [0.25, 0.3) is 11.0 Å². The lowest BCUT2D eigenvalue weighted by atomic mass is 10.1. The third-order valence-electron chi connectivity index (χ3n) is 6.38. The number of anilines is 3. The van der Waals surface area contributed by atoms with Crippen LogP contribution in [0.3, 0.4) is 0 Å². The van der Waals surface area contributed by atoms with E-state index in [0.29, 0.717) is 34.3 Å². The molecular formula is C23H25BrClN5O2. The number of halogens is 2. The number of fused-ring (bicyclic) bond motifs is 1. The normalized spacial score (nSPS) is 17.3. The topological polar surface area (TPSA) is 72.3 Å². The number of pyridine rings is 1. The molecule has 5 rings (SSSR count). The minimum atomic E-state index is -0.0236. The number of nitrogens with one attached hydrogen (secondary N) is 1. The zero-order chi connectivity index (χ0) is 22.2. The predicted octanol–water partition coefficient (Wildman–Crippen LogP) is 5.21. The highest BCUT2D eigenvalue weighted by Gasteiger charge is 2.24. The second kappa shape index (κ2) is 9.00. The maximum Gasteiger partial charge on any atom is 0.267 e. The van der Waals surface area contributed by atoms with Crippen LogP contribution in [-0.2, 0) is 4.74 Å². The molecule has 1 aliphatic heterocycles. The molecule has 0 bridgehead atoms. The van der Waals surface area contributed by atoms with Crippen LogP contribution >= 0.6 is 27.5 Å². The lowest BCUT2D eigenvalue weighted by molar-refractivity contribution is 0.122. The van der Waals surface area contributed by atoms with Crippen molar-refractivity contribution in [2.45, 2.75) is 38.6 Å². The minimum absolute atomic E-state index is 0.0236. The molecule has 1 aliphatic carbocycles. The summed E-state index contributed by atoms with van der Waals surface area (Å²) in [7, 11) is 0. The van der Waals surface area contributed by atoms with Gasteiger partial charge in [0.2, 0.25) is 5.95 Å². The average molecular weight is 519 g/mol. The van der Waals surface area contributed by atoms with Crippen molar-refractivity contribution in [3.8, 4) is 0 Å². The Labute approximate surface area is 199 Å². The van der Waals surface area contributed by atoms with Crippen molar-refractivity contribution < 1.29 is 4.74 Å². The summed E-state index contributed by atoms with van der Waals surface area (Å²) in [4.78, 5) is 24.6. The number of ether oxygens (including phenoxy) is 1. The van der Waals surface area contributed by atoms with E-state index in [9.17, 15) is 4.79 Å². The molecular weight excluding hydrogens is 494 g/mol. The van der Waals surface area contributed by atoms with Gasteiger partial charge in [0, 0.05) is 36.4 Å². The Morgan fingerprint density at radius 1 is 1.22 bits per heavy atom. The first kappa shape index (κ1) is 21.7. The highest BCUT2D eigenvalue weighted by molar-refractivity contribution is 9.10. The average Bonchev–Trinajstić information content (AvgIpc) is 3.33.